The Morgan fingerprint density at radius 3 is 2.55 bits per heavy atom. The molecule has 0 saturated carbocycles. The molecule has 330 valence electrons. The van der Waals surface area contributed by atoms with Crippen molar-refractivity contribution in [2.24, 2.45) is 0 Å². The monoisotopic (exact) mass is 869 g/mol. The van der Waals surface area contributed by atoms with Crippen LogP contribution in [-0.2, 0) is 46.0 Å². The molecule has 0 bridgehead atoms. The minimum Gasteiger partial charge on any atom is -0.508 e. The van der Waals surface area contributed by atoms with Crippen LogP contribution < -0.4 is 10.3 Å². The molecule has 6 heterocycles. The molecule has 2 aliphatic rings. The molecule has 0 fully saturated rings. The zero-order valence-electron chi connectivity index (χ0n) is 36.0. The number of carbonyl (C=O) groups is 2. The summed E-state index contributed by atoms with van der Waals surface area (Å²) in [7, 11) is 1.63. The van der Waals surface area contributed by atoms with Gasteiger partial charge in [0.1, 0.15) is 23.9 Å². The number of aryl methyl sites for hydroxylation is 1. The number of carbonyl (C=O) groups excluding carboxylic acids is 2. The van der Waals surface area contributed by atoms with Crippen LogP contribution in [0.25, 0.3) is 50.3 Å². The number of likely N-dealkylation sites (N-methyl/N-ethyl adjacent to an activating group) is 1. The minimum atomic E-state index is -1.91. The molecule has 17 heteroatoms. The summed E-state index contributed by atoms with van der Waals surface area (Å²) < 4.78 is 22.0. The van der Waals surface area contributed by atoms with Crippen LogP contribution in [0.3, 0.4) is 0 Å². The van der Waals surface area contributed by atoms with Crippen molar-refractivity contribution in [2.45, 2.75) is 71.8 Å². The second kappa shape index (κ2) is 16.1. The van der Waals surface area contributed by atoms with E-state index in [1.54, 1.807) is 48.9 Å². The number of nitrogens with zero attached hydrogens (tertiary/aromatic N) is 7. The molecule has 17 nitrogen and oxygen atoms in total. The Balaban J connectivity index is 0.830. The van der Waals surface area contributed by atoms with E-state index >= 15 is 0 Å². The first kappa shape index (κ1) is 42.1. The number of ether oxygens (including phenoxy) is 3. The van der Waals surface area contributed by atoms with Crippen molar-refractivity contribution in [3.05, 3.63) is 105 Å². The van der Waals surface area contributed by atoms with Gasteiger partial charge in [-0.2, -0.15) is 0 Å². The molecule has 1 unspecified atom stereocenters. The van der Waals surface area contributed by atoms with E-state index in [0.717, 1.165) is 27.4 Å². The second-order valence-electron chi connectivity index (χ2n) is 16.4. The van der Waals surface area contributed by atoms with Gasteiger partial charge in [-0.15, -0.1) is 5.10 Å². The lowest BCUT2D eigenvalue weighted by atomic mass is 9.86. The van der Waals surface area contributed by atoms with Crippen molar-refractivity contribution >= 4 is 33.9 Å². The van der Waals surface area contributed by atoms with Gasteiger partial charge >= 0.3 is 18.1 Å². The number of phenols is 2. The average Bonchev–Trinajstić information content (AvgIpc) is 3.98. The van der Waals surface area contributed by atoms with Gasteiger partial charge in [0.25, 0.3) is 5.56 Å². The number of aromatic nitrogens is 6. The number of hydrogen-bond acceptors (Lipinski definition) is 13. The van der Waals surface area contributed by atoms with E-state index in [0.29, 0.717) is 59.0 Å². The lowest BCUT2D eigenvalue weighted by Crippen LogP contribution is -2.44. The standard InChI is InChI=1S/C47H47N7O10/c1-6-29-31-19-28(9-10-36(31)48-41-33(29)23-53-38(41)21-35-34(43(53)57)24-63-44(58)47(35,61)7-2)64-46(60)51(5)14-16-62-17-15-52-13-12-26-18-27(8-11-37(26)52)54-42(49-50-45(54)59)32-20-30(25(3)4)39(55)22-40(32)56/h8-13,18-22,25,55-56,61H,6-7,14-17,23-24H2,1-5H3,(H,50,59). The lowest BCUT2D eigenvalue weighted by molar-refractivity contribution is -0.172. The fourth-order valence-corrected chi connectivity index (χ4v) is 8.79. The molecular formula is C47H47N7O10. The van der Waals surface area contributed by atoms with Crippen molar-refractivity contribution in [3.8, 4) is 51.7 Å². The largest absolute Gasteiger partial charge is 0.508 e. The van der Waals surface area contributed by atoms with Crippen LogP contribution in [0.1, 0.15) is 67.9 Å². The molecule has 7 aromatic rings. The maximum atomic E-state index is 13.7. The van der Waals surface area contributed by atoms with Gasteiger partial charge in [0.2, 0.25) is 0 Å². The van der Waals surface area contributed by atoms with Crippen LogP contribution in [0.4, 0.5) is 4.79 Å². The Bertz CT molecular complexity index is 3100. The molecule has 1 amide bonds. The maximum absolute atomic E-state index is 13.7. The zero-order valence-corrected chi connectivity index (χ0v) is 36.0. The maximum Gasteiger partial charge on any atom is 0.415 e. The fraction of sp³-hybridized carbons (Fsp3) is 0.319. The highest BCUT2D eigenvalue weighted by Crippen LogP contribution is 2.42. The SMILES string of the molecule is CCc1c2c(nc3ccc(OC(=O)N(C)CCOCCn4ccc5cc(-n6c(O)nnc6-c6cc(C(C)C)c(O)cc6O)ccc54)cc13)-c1cc3c(c(=O)n1C2)COC(=O)C3(O)CC. The van der Waals surface area contributed by atoms with Crippen LogP contribution in [0.2, 0.25) is 0 Å². The van der Waals surface area contributed by atoms with Crippen molar-refractivity contribution in [1.82, 2.24) is 33.8 Å². The van der Waals surface area contributed by atoms with Gasteiger partial charge in [-0.3, -0.25) is 4.79 Å². The van der Waals surface area contributed by atoms with Crippen molar-refractivity contribution in [1.29, 1.82) is 0 Å². The number of benzene rings is 3. The highest BCUT2D eigenvalue weighted by molar-refractivity contribution is 5.90. The molecule has 1 atom stereocenters. The zero-order chi connectivity index (χ0) is 45.2. The summed E-state index contributed by atoms with van der Waals surface area (Å²) in [6, 6.07) is 17.0. The number of hydrogen-bond donors (Lipinski definition) is 4. The van der Waals surface area contributed by atoms with E-state index in [1.807, 2.05) is 55.8 Å². The number of fused-ring (bicyclic) bond motifs is 6. The molecule has 64 heavy (non-hydrogen) atoms. The highest BCUT2D eigenvalue weighted by Gasteiger charge is 2.45. The van der Waals surface area contributed by atoms with E-state index in [4.69, 9.17) is 19.2 Å². The molecule has 4 aromatic heterocycles. The summed E-state index contributed by atoms with van der Waals surface area (Å²) >= 11 is 0. The molecule has 0 aliphatic carbocycles. The number of rotatable bonds is 12. The molecule has 3 aromatic carbocycles. The first-order valence-corrected chi connectivity index (χ1v) is 21.2. The summed E-state index contributed by atoms with van der Waals surface area (Å²) in [5.41, 5.74) is 4.31. The van der Waals surface area contributed by atoms with Gasteiger partial charge in [-0.1, -0.05) is 32.8 Å². The average molecular weight is 870 g/mol. The predicted molar refractivity (Wildman–Crippen MR) is 235 cm³/mol. The van der Waals surface area contributed by atoms with E-state index in [1.165, 1.54) is 15.5 Å². The number of aliphatic hydroxyl groups is 1. The second-order valence-corrected chi connectivity index (χ2v) is 16.4. The van der Waals surface area contributed by atoms with Crippen molar-refractivity contribution < 1.29 is 44.2 Å². The fourth-order valence-electron chi connectivity index (χ4n) is 8.79. The van der Waals surface area contributed by atoms with Crippen LogP contribution in [0.5, 0.6) is 23.3 Å². The van der Waals surface area contributed by atoms with Gasteiger partial charge in [-0.25, -0.2) is 19.1 Å². The first-order chi connectivity index (χ1) is 30.7. The molecule has 0 saturated heterocycles. The van der Waals surface area contributed by atoms with Gasteiger partial charge < -0.3 is 48.7 Å². The van der Waals surface area contributed by atoms with E-state index in [2.05, 4.69) is 10.2 Å². The Morgan fingerprint density at radius 2 is 1.78 bits per heavy atom. The summed E-state index contributed by atoms with van der Waals surface area (Å²) in [6.07, 6.45) is 2.04. The lowest BCUT2D eigenvalue weighted by Gasteiger charge is -2.31. The van der Waals surface area contributed by atoms with Gasteiger partial charge in [0.05, 0.1) is 53.5 Å². The van der Waals surface area contributed by atoms with E-state index in [-0.39, 0.29) is 78.7 Å². The van der Waals surface area contributed by atoms with Crippen molar-refractivity contribution in [3.63, 3.8) is 0 Å². The summed E-state index contributed by atoms with van der Waals surface area (Å²) in [6.45, 7) is 9.03. The number of esters is 1. The van der Waals surface area contributed by atoms with Gasteiger partial charge in [0, 0.05) is 59.8 Å². The molecule has 0 spiro atoms. The van der Waals surface area contributed by atoms with E-state index < -0.39 is 17.7 Å². The topological polar surface area (TPSA) is 217 Å². The number of amides is 1. The molecule has 0 radical (unpaired) electrons. The summed E-state index contributed by atoms with van der Waals surface area (Å²) in [5.74, 6) is -0.461. The Morgan fingerprint density at radius 1 is 0.969 bits per heavy atom. The number of cyclic esters (lactones) is 1. The minimum absolute atomic E-state index is 0.0247. The van der Waals surface area contributed by atoms with Crippen LogP contribution in [-0.4, -0.2) is 93.1 Å². The Labute approximate surface area is 366 Å². The van der Waals surface area contributed by atoms with Gasteiger partial charge in [0.15, 0.2) is 11.4 Å². The quantitative estimate of drug-likeness (QED) is 0.0792. The number of phenolic OH excluding ortho intramolecular Hbond substituents is 2. The third-order valence-corrected chi connectivity index (χ3v) is 12.4. The normalized spacial score (nSPS) is 15.4. The molecule has 9 rings (SSSR count). The van der Waals surface area contributed by atoms with Crippen molar-refractivity contribution in [2.75, 3.05) is 26.8 Å². The Kier molecular flexibility index (Phi) is 10.6. The third-order valence-electron chi connectivity index (χ3n) is 12.4. The molecular weight excluding hydrogens is 823 g/mol. The van der Waals surface area contributed by atoms with Gasteiger partial charge in [-0.05, 0) is 84.5 Å². The summed E-state index contributed by atoms with van der Waals surface area (Å²) in [4.78, 5) is 45.8. The highest BCUT2D eigenvalue weighted by atomic mass is 16.6. The predicted octanol–water partition coefficient (Wildman–Crippen LogP) is 6.23. The third kappa shape index (κ3) is 6.96. The van der Waals surface area contributed by atoms with Crippen LogP contribution in [0, 0.1) is 0 Å². The number of pyridine rings is 2. The van der Waals surface area contributed by atoms with Crippen LogP contribution in [0.15, 0.2) is 71.7 Å². The van der Waals surface area contributed by atoms with E-state index in [9.17, 15) is 34.8 Å². The smallest absolute Gasteiger partial charge is 0.415 e. The number of aromatic hydroxyl groups is 3. The molecule has 2 aliphatic heterocycles. The first-order valence-electron chi connectivity index (χ1n) is 21.2. The summed E-state index contributed by atoms with van der Waals surface area (Å²) in [5, 5.41) is 52.7. The molecule has 4 N–H and O–H groups in total. The Hall–Kier alpha value is -7.24. The van der Waals surface area contributed by atoms with Crippen LogP contribution >= 0.6 is 0 Å².